The van der Waals surface area contributed by atoms with Crippen molar-refractivity contribution in [1.29, 1.82) is 0 Å². The summed E-state index contributed by atoms with van der Waals surface area (Å²) in [4.78, 5) is 0. The van der Waals surface area contributed by atoms with Crippen molar-refractivity contribution in [3.8, 4) is 0 Å². The minimum absolute atomic E-state index is 0.395. The first-order valence-electron chi connectivity index (χ1n) is 5.70. The molecule has 0 radical (unpaired) electrons. The fourth-order valence-corrected chi connectivity index (χ4v) is 2.90. The van der Waals surface area contributed by atoms with E-state index in [0.29, 0.717) is 5.37 Å². The number of thioether (sulfide) groups is 1. The van der Waals surface area contributed by atoms with Gasteiger partial charge in [0.1, 0.15) is 0 Å². The van der Waals surface area contributed by atoms with E-state index < -0.39 is 0 Å². The van der Waals surface area contributed by atoms with Gasteiger partial charge < -0.3 is 5.73 Å². The van der Waals surface area contributed by atoms with Gasteiger partial charge in [-0.3, -0.25) is 0 Å². The average molecular weight is 201 g/mol. The van der Waals surface area contributed by atoms with E-state index in [0.717, 1.165) is 11.7 Å². The van der Waals surface area contributed by atoms with Gasteiger partial charge in [0.2, 0.25) is 0 Å². The van der Waals surface area contributed by atoms with Crippen LogP contribution in [0.3, 0.4) is 0 Å². The summed E-state index contributed by atoms with van der Waals surface area (Å²) >= 11 is 1.90. The molecule has 0 spiro atoms. The monoisotopic (exact) mass is 201 g/mol. The van der Waals surface area contributed by atoms with Crippen LogP contribution in [0.15, 0.2) is 0 Å². The maximum atomic E-state index is 5.96. The molecule has 0 saturated heterocycles. The maximum absolute atomic E-state index is 5.96. The van der Waals surface area contributed by atoms with E-state index in [1.807, 2.05) is 11.8 Å². The van der Waals surface area contributed by atoms with Crippen LogP contribution in [0.2, 0.25) is 0 Å². The Balaban J connectivity index is 2.03. The van der Waals surface area contributed by atoms with Gasteiger partial charge in [-0.2, -0.15) is 0 Å². The lowest BCUT2D eigenvalue weighted by Gasteiger charge is -2.22. The molecule has 0 unspecified atom stereocenters. The van der Waals surface area contributed by atoms with Gasteiger partial charge in [0.15, 0.2) is 0 Å². The van der Waals surface area contributed by atoms with Crippen molar-refractivity contribution < 1.29 is 0 Å². The Morgan fingerprint density at radius 2 is 2.00 bits per heavy atom. The molecule has 13 heavy (non-hydrogen) atoms. The molecule has 0 aliphatic heterocycles. The van der Waals surface area contributed by atoms with Crippen molar-refractivity contribution in [2.45, 2.75) is 57.2 Å². The third-order valence-corrected chi connectivity index (χ3v) is 3.96. The highest BCUT2D eigenvalue weighted by Crippen LogP contribution is 2.28. The molecule has 78 valence electrons. The SMILES string of the molecule is CCS[C@H](N)CCC1CCCCC1. The van der Waals surface area contributed by atoms with E-state index in [1.54, 1.807) is 0 Å². The maximum Gasteiger partial charge on any atom is 0.0507 e. The van der Waals surface area contributed by atoms with Crippen molar-refractivity contribution in [2.75, 3.05) is 5.75 Å². The Labute approximate surface area is 86.8 Å². The fraction of sp³-hybridized carbons (Fsp3) is 1.00. The smallest absolute Gasteiger partial charge is 0.0507 e. The second-order valence-corrected chi connectivity index (χ2v) is 5.59. The lowest BCUT2D eigenvalue weighted by molar-refractivity contribution is 0.332. The van der Waals surface area contributed by atoms with Gasteiger partial charge >= 0.3 is 0 Å². The first-order valence-corrected chi connectivity index (χ1v) is 6.75. The van der Waals surface area contributed by atoms with Crippen LogP contribution in [-0.2, 0) is 0 Å². The lowest BCUT2D eigenvalue weighted by atomic mass is 9.86. The summed E-state index contributed by atoms with van der Waals surface area (Å²) in [6, 6.07) is 0. The van der Waals surface area contributed by atoms with Gasteiger partial charge in [-0.15, -0.1) is 11.8 Å². The van der Waals surface area contributed by atoms with Crippen molar-refractivity contribution in [1.82, 2.24) is 0 Å². The third-order valence-electron chi connectivity index (χ3n) is 2.96. The number of hydrogen-bond donors (Lipinski definition) is 1. The van der Waals surface area contributed by atoms with E-state index in [-0.39, 0.29) is 0 Å². The zero-order valence-electron chi connectivity index (χ0n) is 8.80. The van der Waals surface area contributed by atoms with E-state index in [4.69, 9.17) is 5.73 Å². The predicted molar refractivity (Wildman–Crippen MR) is 61.9 cm³/mol. The van der Waals surface area contributed by atoms with Crippen LogP contribution in [0.1, 0.15) is 51.9 Å². The number of hydrogen-bond acceptors (Lipinski definition) is 2. The Bertz CT molecular complexity index is 121. The van der Waals surface area contributed by atoms with Gasteiger partial charge in [-0.1, -0.05) is 39.0 Å². The molecule has 0 aromatic rings. The summed E-state index contributed by atoms with van der Waals surface area (Å²) in [5.74, 6) is 2.16. The van der Waals surface area contributed by atoms with Crippen LogP contribution in [-0.4, -0.2) is 11.1 Å². The Morgan fingerprint density at radius 3 is 2.62 bits per heavy atom. The van der Waals surface area contributed by atoms with Gasteiger partial charge in [0.05, 0.1) is 5.37 Å². The molecule has 0 aromatic carbocycles. The molecule has 2 heteroatoms. The van der Waals surface area contributed by atoms with Crippen LogP contribution in [0, 0.1) is 5.92 Å². The summed E-state index contributed by atoms with van der Waals surface area (Å²) in [6.45, 7) is 2.19. The molecule has 1 nitrogen and oxygen atoms in total. The molecular formula is C11H23NS. The molecule has 2 N–H and O–H groups in total. The van der Waals surface area contributed by atoms with Gasteiger partial charge in [0, 0.05) is 0 Å². The summed E-state index contributed by atoms with van der Waals surface area (Å²) in [5, 5.41) is 0.395. The van der Waals surface area contributed by atoms with E-state index in [2.05, 4.69) is 6.92 Å². The van der Waals surface area contributed by atoms with Gasteiger partial charge in [-0.05, 0) is 24.5 Å². The minimum atomic E-state index is 0.395. The molecule has 1 atom stereocenters. The molecule has 1 fully saturated rings. The molecule has 1 rings (SSSR count). The van der Waals surface area contributed by atoms with E-state index >= 15 is 0 Å². The fourth-order valence-electron chi connectivity index (χ4n) is 2.17. The van der Waals surface area contributed by atoms with Crippen molar-refractivity contribution >= 4 is 11.8 Å². The summed E-state index contributed by atoms with van der Waals surface area (Å²) in [7, 11) is 0. The zero-order chi connectivity index (χ0) is 9.52. The average Bonchev–Trinajstić information content (AvgIpc) is 2.17. The summed E-state index contributed by atoms with van der Waals surface area (Å²) in [5.41, 5.74) is 5.96. The molecule has 1 aliphatic rings. The molecule has 0 aromatic heterocycles. The zero-order valence-corrected chi connectivity index (χ0v) is 9.61. The highest BCUT2D eigenvalue weighted by Gasteiger charge is 2.14. The van der Waals surface area contributed by atoms with E-state index in [9.17, 15) is 0 Å². The van der Waals surface area contributed by atoms with Gasteiger partial charge in [0.25, 0.3) is 0 Å². The first-order chi connectivity index (χ1) is 6.33. The molecule has 0 bridgehead atoms. The number of rotatable bonds is 5. The Hall–Kier alpha value is 0.310. The van der Waals surface area contributed by atoms with Gasteiger partial charge in [-0.25, -0.2) is 0 Å². The topological polar surface area (TPSA) is 26.0 Å². The van der Waals surface area contributed by atoms with Crippen molar-refractivity contribution in [3.05, 3.63) is 0 Å². The molecule has 1 saturated carbocycles. The second kappa shape index (κ2) is 6.72. The predicted octanol–water partition coefficient (Wildman–Crippen LogP) is 3.38. The summed E-state index contributed by atoms with van der Waals surface area (Å²) < 4.78 is 0. The van der Waals surface area contributed by atoms with Crippen LogP contribution >= 0.6 is 11.8 Å². The molecule has 1 aliphatic carbocycles. The highest BCUT2D eigenvalue weighted by molar-refractivity contribution is 7.99. The quantitative estimate of drug-likeness (QED) is 0.690. The Morgan fingerprint density at radius 1 is 1.31 bits per heavy atom. The largest absolute Gasteiger partial charge is 0.319 e. The van der Waals surface area contributed by atoms with Crippen LogP contribution in [0.5, 0.6) is 0 Å². The van der Waals surface area contributed by atoms with Crippen LogP contribution in [0.25, 0.3) is 0 Å². The van der Waals surface area contributed by atoms with Crippen LogP contribution < -0.4 is 5.73 Å². The summed E-state index contributed by atoms with van der Waals surface area (Å²) in [6.07, 6.45) is 9.90. The minimum Gasteiger partial charge on any atom is -0.319 e. The Kier molecular flexibility index (Phi) is 5.88. The molecule has 0 amide bonds. The first kappa shape index (κ1) is 11.4. The number of nitrogens with two attached hydrogens (primary N) is 1. The van der Waals surface area contributed by atoms with Crippen molar-refractivity contribution in [2.24, 2.45) is 11.7 Å². The van der Waals surface area contributed by atoms with Crippen molar-refractivity contribution in [3.63, 3.8) is 0 Å². The van der Waals surface area contributed by atoms with E-state index in [1.165, 1.54) is 44.9 Å². The highest BCUT2D eigenvalue weighted by atomic mass is 32.2. The molecule has 0 heterocycles. The lowest BCUT2D eigenvalue weighted by Crippen LogP contribution is -2.18. The normalized spacial score (nSPS) is 21.7. The standard InChI is InChI=1S/C11H23NS/c1-2-13-11(12)9-8-10-6-4-3-5-7-10/h10-11H,2-9,12H2,1H3/t11-/m0/s1. The second-order valence-electron chi connectivity index (χ2n) is 4.08. The molecular weight excluding hydrogens is 178 g/mol. The van der Waals surface area contributed by atoms with Crippen LogP contribution in [0.4, 0.5) is 0 Å². The third kappa shape index (κ3) is 4.92.